The van der Waals surface area contributed by atoms with Crippen molar-refractivity contribution in [2.24, 2.45) is 0 Å². The lowest BCUT2D eigenvalue weighted by atomic mass is 10.3. The fourth-order valence-electron chi connectivity index (χ4n) is 0.636. The van der Waals surface area contributed by atoms with E-state index in [2.05, 4.69) is 26.2 Å². The van der Waals surface area contributed by atoms with Gasteiger partial charge in [0.05, 0.1) is 8.07 Å². The Balaban J connectivity index is 3.85. The number of hydrogen-bond acceptors (Lipinski definition) is 1. The smallest absolute Gasteiger partial charge is 0.0785 e. The first-order chi connectivity index (χ1) is 4.34. The summed E-state index contributed by atoms with van der Waals surface area (Å²) in [6.45, 7) is 12.2. The molecular weight excluding hydrogens is 140 g/mol. The molecule has 0 bridgehead atoms. The summed E-state index contributed by atoms with van der Waals surface area (Å²) in [7, 11) is -1.33. The Bertz CT molecular complexity index is 124. The zero-order chi connectivity index (χ0) is 8.36. The van der Waals surface area contributed by atoms with Crippen LogP contribution in [0.25, 0.3) is 0 Å². The van der Waals surface area contributed by atoms with Gasteiger partial charge in [-0.2, -0.15) is 0 Å². The van der Waals surface area contributed by atoms with E-state index in [-0.39, 0.29) is 5.73 Å². The molecule has 1 unspecified atom stereocenters. The van der Waals surface area contributed by atoms with Gasteiger partial charge in [-0.15, -0.1) is 6.58 Å². The molecule has 0 rings (SSSR count). The Morgan fingerprint density at radius 1 is 1.50 bits per heavy atom. The van der Waals surface area contributed by atoms with Crippen LogP contribution >= 0.6 is 0 Å². The third-order valence-electron chi connectivity index (χ3n) is 1.54. The minimum absolute atomic E-state index is 0.120. The molecule has 0 saturated carbocycles. The van der Waals surface area contributed by atoms with E-state index in [0.29, 0.717) is 0 Å². The van der Waals surface area contributed by atoms with Crippen LogP contribution in [0.1, 0.15) is 13.3 Å². The predicted octanol–water partition coefficient (Wildman–Crippen LogP) is 2.19. The SMILES string of the molecule is C=C(C)CC(O)[Si](C)(C)C. The maximum Gasteiger partial charge on any atom is 0.0785 e. The highest BCUT2D eigenvalue weighted by Gasteiger charge is 2.23. The van der Waals surface area contributed by atoms with Crippen LogP contribution in [0.5, 0.6) is 0 Å². The standard InChI is InChI=1S/C8H18OSi/c1-7(2)6-8(9)10(3,4)5/h8-9H,1,6H2,2-5H3. The van der Waals surface area contributed by atoms with Crippen molar-refractivity contribution in [2.45, 2.75) is 38.7 Å². The highest BCUT2D eigenvalue weighted by Crippen LogP contribution is 2.13. The molecule has 0 aromatic rings. The molecule has 1 N–H and O–H groups in total. The number of rotatable bonds is 3. The summed E-state index contributed by atoms with van der Waals surface area (Å²) in [5, 5.41) is 9.56. The average Bonchev–Trinajstić information content (AvgIpc) is 1.60. The third-order valence-corrected chi connectivity index (χ3v) is 3.74. The molecule has 0 heterocycles. The normalized spacial score (nSPS) is 14.9. The van der Waals surface area contributed by atoms with Crippen LogP contribution < -0.4 is 0 Å². The summed E-state index contributed by atoms with van der Waals surface area (Å²) < 4.78 is 0. The summed E-state index contributed by atoms with van der Waals surface area (Å²) in [6.07, 6.45) is 0.774. The second-order valence-electron chi connectivity index (χ2n) is 4.04. The van der Waals surface area contributed by atoms with E-state index in [4.69, 9.17) is 0 Å². The Morgan fingerprint density at radius 3 is 2.00 bits per heavy atom. The van der Waals surface area contributed by atoms with Crippen LogP contribution in [0.15, 0.2) is 12.2 Å². The highest BCUT2D eigenvalue weighted by atomic mass is 28.3. The van der Waals surface area contributed by atoms with Gasteiger partial charge in [0.25, 0.3) is 0 Å². The second kappa shape index (κ2) is 3.35. The number of aliphatic hydroxyl groups excluding tert-OH is 1. The molecule has 0 amide bonds. The van der Waals surface area contributed by atoms with Crippen LogP contribution in [0, 0.1) is 0 Å². The van der Waals surface area contributed by atoms with Gasteiger partial charge in [0.1, 0.15) is 0 Å². The van der Waals surface area contributed by atoms with Crippen LogP contribution in [0.2, 0.25) is 19.6 Å². The largest absolute Gasteiger partial charge is 0.396 e. The lowest BCUT2D eigenvalue weighted by Gasteiger charge is -2.23. The summed E-state index contributed by atoms with van der Waals surface area (Å²) >= 11 is 0. The summed E-state index contributed by atoms with van der Waals surface area (Å²) in [5.74, 6) is 0. The third kappa shape index (κ3) is 3.85. The molecule has 0 aromatic carbocycles. The van der Waals surface area contributed by atoms with Crippen LogP contribution in [-0.4, -0.2) is 18.9 Å². The highest BCUT2D eigenvalue weighted by molar-refractivity contribution is 6.77. The monoisotopic (exact) mass is 158 g/mol. The van der Waals surface area contributed by atoms with Gasteiger partial charge in [0.15, 0.2) is 0 Å². The Kier molecular flexibility index (Phi) is 3.32. The van der Waals surface area contributed by atoms with Gasteiger partial charge < -0.3 is 5.11 Å². The molecule has 0 aliphatic heterocycles. The molecule has 60 valence electrons. The molecule has 2 heteroatoms. The van der Waals surface area contributed by atoms with Crippen molar-refractivity contribution in [2.75, 3.05) is 0 Å². The van der Waals surface area contributed by atoms with Crippen LogP contribution in [0.3, 0.4) is 0 Å². The van der Waals surface area contributed by atoms with Gasteiger partial charge in [-0.1, -0.05) is 25.2 Å². The molecular formula is C8H18OSi. The lowest BCUT2D eigenvalue weighted by molar-refractivity contribution is 0.244. The van der Waals surface area contributed by atoms with Crippen molar-refractivity contribution in [3.05, 3.63) is 12.2 Å². The molecule has 0 fully saturated rings. The molecule has 1 nitrogen and oxygen atoms in total. The van der Waals surface area contributed by atoms with E-state index in [1.165, 1.54) is 0 Å². The minimum atomic E-state index is -1.33. The molecule has 0 aromatic heterocycles. The van der Waals surface area contributed by atoms with E-state index >= 15 is 0 Å². The van der Waals surface area contributed by atoms with Crippen molar-refractivity contribution >= 4 is 8.07 Å². The van der Waals surface area contributed by atoms with Crippen LogP contribution in [0.4, 0.5) is 0 Å². The van der Waals surface area contributed by atoms with Gasteiger partial charge in [-0.05, 0) is 13.3 Å². The average molecular weight is 158 g/mol. The second-order valence-corrected chi connectivity index (χ2v) is 9.44. The molecule has 0 saturated heterocycles. The van der Waals surface area contributed by atoms with Gasteiger partial charge in [-0.3, -0.25) is 0 Å². The quantitative estimate of drug-likeness (QED) is 0.493. The maximum absolute atomic E-state index is 9.56. The molecule has 0 radical (unpaired) electrons. The van der Waals surface area contributed by atoms with E-state index in [1.807, 2.05) is 6.92 Å². The molecule has 0 aliphatic rings. The number of hydrogen-bond donors (Lipinski definition) is 1. The maximum atomic E-state index is 9.56. The first-order valence-corrected chi connectivity index (χ1v) is 7.24. The summed E-state index contributed by atoms with van der Waals surface area (Å²) in [5.41, 5.74) is 0.958. The Hall–Kier alpha value is -0.0831. The fourth-order valence-corrected chi connectivity index (χ4v) is 1.60. The predicted molar refractivity (Wildman–Crippen MR) is 48.8 cm³/mol. The van der Waals surface area contributed by atoms with Gasteiger partial charge in [-0.25, -0.2) is 0 Å². The zero-order valence-electron chi connectivity index (χ0n) is 7.44. The van der Waals surface area contributed by atoms with Crippen molar-refractivity contribution in [1.29, 1.82) is 0 Å². The fraction of sp³-hybridized carbons (Fsp3) is 0.750. The minimum Gasteiger partial charge on any atom is -0.396 e. The molecule has 1 atom stereocenters. The van der Waals surface area contributed by atoms with Gasteiger partial charge in [0.2, 0.25) is 0 Å². The van der Waals surface area contributed by atoms with Crippen molar-refractivity contribution in [1.82, 2.24) is 0 Å². The van der Waals surface area contributed by atoms with Gasteiger partial charge >= 0.3 is 0 Å². The van der Waals surface area contributed by atoms with E-state index in [1.54, 1.807) is 0 Å². The summed E-state index contributed by atoms with van der Waals surface area (Å²) in [4.78, 5) is 0. The Morgan fingerprint density at radius 2 is 1.90 bits per heavy atom. The van der Waals surface area contributed by atoms with Crippen molar-refractivity contribution in [3.8, 4) is 0 Å². The molecule has 10 heavy (non-hydrogen) atoms. The van der Waals surface area contributed by atoms with Gasteiger partial charge in [0, 0.05) is 5.73 Å². The Labute approximate surface area is 64.8 Å². The van der Waals surface area contributed by atoms with Crippen molar-refractivity contribution < 1.29 is 5.11 Å². The van der Waals surface area contributed by atoms with E-state index < -0.39 is 8.07 Å². The first-order valence-electron chi connectivity index (χ1n) is 3.66. The lowest BCUT2D eigenvalue weighted by Crippen LogP contribution is -2.38. The van der Waals surface area contributed by atoms with Crippen molar-refractivity contribution in [3.63, 3.8) is 0 Å². The molecule has 0 aliphatic carbocycles. The van der Waals surface area contributed by atoms with E-state index in [9.17, 15) is 5.11 Å². The topological polar surface area (TPSA) is 20.2 Å². The first kappa shape index (κ1) is 9.92. The number of aliphatic hydroxyl groups is 1. The molecule has 0 spiro atoms. The van der Waals surface area contributed by atoms with Crippen LogP contribution in [-0.2, 0) is 0 Å². The van der Waals surface area contributed by atoms with E-state index in [0.717, 1.165) is 12.0 Å². The zero-order valence-corrected chi connectivity index (χ0v) is 8.44. The summed E-state index contributed by atoms with van der Waals surface area (Å²) in [6, 6.07) is 0.